The summed E-state index contributed by atoms with van der Waals surface area (Å²) in [5, 5.41) is 12.1. The van der Waals surface area contributed by atoms with Crippen molar-refractivity contribution in [3.05, 3.63) is 0 Å². The van der Waals surface area contributed by atoms with Crippen molar-refractivity contribution in [1.29, 1.82) is 0 Å². The number of aliphatic carboxylic acids is 1. The Hall–Kier alpha value is -0.610. The summed E-state index contributed by atoms with van der Waals surface area (Å²) < 4.78 is 0. The fourth-order valence-electron chi connectivity index (χ4n) is 1.92. The van der Waals surface area contributed by atoms with Crippen LogP contribution in [0.15, 0.2) is 0 Å². The highest BCUT2D eigenvalue weighted by Crippen LogP contribution is 2.10. The van der Waals surface area contributed by atoms with Gasteiger partial charge in [-0.2, -0.15) is 0 Å². The number of rotatable bonds is 5. The van der Waals surface area contributed by atoms with Crippen LogP contribution in [0.5, 0.6) is 0 Å². The van der Waals surface area contributed by atoms with E-state index >= 15 is 0 Å². The Kier molecular flexibility index (Phi) is 4.35. The molecule has 0 aliphatic carbocycles. The summed E-state index contributed by atoms with van der Waals surface area (Å²) in [4.78, 5) is 13.0. The number of carboxylic acids is 1. The summed E-state index contributed by atoms with van der Waals surface area (Å²) in [6, 6.07) is 0.529. The Morgan fingerprint density at radius 2 is 2.43 bits per heavy atom. The van der Waals surface area contributed by atoms with E-state index in [1.54, 1.807) is 6.92 Å². The molecule has 1 heterocycles. The highest BCUT2D eigenvalue weighted by molar-refractivity contribution is 5.69. The van der Waals surface area contributed by atoms with Gasteiger partial charge in [-0.3, -0.25) is 9.69 Å². The average molecular weight is 200 g/mol. The fourth-order valence-corrected chi connectivity index (χ4v) is 1.92. The quantitative estimate of drug-likeness (QED) is 0.674. The summed E-state index contributed by atoms with van der Waals surface area (Å²) in [6.45, 7) is 7.52. The first-order valence-corrected chi connectivity index (χ1v) is 5.32. The van der Waals surface area contributed by atoms with Gasteiger partial charge in [0.05, 0.1) is 5.92 Å². The van der Waals surface area contributed by atoms with Gasteiger partial charge in [0.25, 0.3) is 0 Å². The lowest BCUT2D eigenvalue weighted by Gasteiger charge is -2.28. The van der Waals surface area contributed by atoms with Crippen LogP contribution >= 0.6 is 0 Å². The number of likely N-dealkylation sites (N-methyl/N-ethyl adjacent to an activating group) is 1. The van der Waals surface area contributed by atoms with Crippen molar-refractivity contribution in [2.45, 2.75) is 26.3 Å². The molecular weight excluding hydrogens is 180 g/mol. The molecule has 2 N–H and O–H groups in total. The predicted molar refractivity (Wildman–Crippen MR) is 55.3 cm³/mol. The molecule has 0 radical (unpaired) electrons. The Labute approximate surface area is 85.3 Å². The topological polar surface area (TPSA) is 52.6 Å². The fraction of sp³-hybridized carbons (Fsp3) is 0.900. The largest absolute Gasteiger partial charge is 0.481 e. The Morgan fingerprint density at radius 1 is 1.71 bits per heavy atom. The molecule has 1 rings (SSSR count). The number of carbonyl (C=O) groups is 1. The third-order valence-corrected chi connectivity index (χ3v) is 2.89. The SMILES string of the molecule is CCN(CC(C)C(=O)O)C1CCNC1. The van der Waals surface area contributed by atoms with E-state index in [4.69, 9.17) is 5.11 Å². The van der Waals surface area contributed by atoms with Crippen LogP contribution in [0.4, 0.5) is 0 Å². The smallest absolute Gasteiger partial charge is 0.307 e. The number of nitrogens with one attached hydrogen (secondary N) is 1. The first kappa shape index (κ1) is 11.5. The maximum atomic E-state index is 10.7. The van der Waals surface area contributed by atoms with Gasteiger partial charge in [0.2, 0.25) is 0 Å². The van der Waals surface area contributed by atoms with Gasteiger partial charge in [-0.1, -0.05) is 13.8 Å². The second-order valence-electron chi connectivity index (χ2n) is 3.97. The lowest BCUT2D eigenvalue weighted by atomic mass is 10.1. The van der Waals surface area contributed by atoms with Crippen molar-refractivity contribution in [3.63, 3.8) is 0 Å². The van der Waals surface area contributed by atoms with E-state index in [1.165, 1.54) is 0 Å². The van der Waals surface area contributed by atoms with Gasteiger partial charge >= 0.3 is 5.97 Å². The van der Waals surface area contributed by atoms with Crippen LogP contribution in [0.25, 0.3) is 0 Å². The van der Waals surface area contributed by atoms with E-state index in [-0.39, 0.29) is 5.92 Å². The predicted octanol–water partition coefficient (Wildman–Crippen LogP) is 0.391. The van der Waals surface area contributed by atoms with Gasteiger partial charge < -0.3 is 10.4 Å². The van der Waals surface area contributed by atoms with Gasteiger partial charge in [0, 0.05) is 19.1 Å². The van der Waals surface area contributed by atoms with Crippen LogP contribution in [0.2, 0.25) is 0 Å². The minimum atomic E-state index is -0.700. The lowest BCUT2D eigenvalue weighted by molar-refractivity contribution is -0.141. The number of nitrogens with zero attached hydrogens (tertiary/aromatic N) is 1. The zero-order chi connectivity index (χ0) is 10.6. The molecule has 1 aliphatic rings. The maximum absolute atomic E-state index is 10.7. The maximum Gasteiger partial charge on any atom is 0.307 e. The van der Waals surface area contributed by atoms with Crippen molar-refractivity contribution in [3.8, 4) is 0 Å². The first-order chi connectivity index (χ1) is 6.65. The van der Waals surface area contributed by atoms with E-state index in [0.29, 0.717) is 12.6 Å². The molecule has 1 fully saturated rings. The molecule has 0 aromatic heterocycles. The van der Waals surface area contributed by atoms with E-state index in [2.05, 4.69) is 17.1 Å². The van der Waals surface area contributed by atoms with Crippen LogP contribution in [0.3, 0.4) is 0 Å². The van der Waals surface area contributed by atoms with Crippen molar-refractivity contribution in [2.24, 2.45) is 5.92 Å². The third kappa shape index (κ3) is 2.96. The third-order valence-electron chi connectivity index (χ3n) is 2.89. The number of carboxylic acid groups (broad SMARTS) is 1. The minimum absolute atomic E-state index is 0.268. The molecule has 0 amide bonds. The molecule has 0 aromatic carbocycles. The molecule has 0 spiro atoms. The zero-order valence-electron chi connectivity index (χ0n) is 8.99. The van der Waals surface area contributed by atoms with Crippen LogP contribution in [0, 0.1) is 5.92 Å². The zero-order valence-corrected chi connectivity index (χ0v) is 8.99. The molecule has 0 bridgehead atoms. The van der Waals surface area contributed by atoms with Crippen molar-refractivity contribution < 1.29 is 9.90 Å². The molecule has 4 nitrogen and oxygen atoms in total. The van der Waals surface area contributed by atoms with Crippen LogP contribution in [0.1, 0.15) is 20.3 Å². The van der Waals surface area contributed by atoms with Crippen molar-refractivity contribution >= 4 is 5.97 Å². The molecule has 0 saturated carbocycles. The summed E-state index contributed by atoms with van der Waals surface area (Å²) in [5.41, 5.74) is 0. The molecule has 2 atom stereocenters. The molecule has 14 heavy (non-hydrogen) atoms. The van der Waals surface area contributed by atoms with Crippen LogP contribution in [-0.2, 0) is 4.79 Å². The molecule has 2 unspecified atom stereocenters. The summed E-state index contributed by atoms with van der Waals surface area (Å²) in [7, 11) is 0. The second kappa shape index (κ2) is 5.32. The highest BCUT2D eigenvalue weighted by Gasteiger charge is 2.24. The molecular formula is C10H20N2O2. The van der Waals surface area contributed by atoms with Crippen LogP contribution in [-0.4, -0.2) is 48.2 Å². The monoisotopic (exact) mass is 200 g/mol. The van der Waals surface area contributed by atoms with E-state index in [0.717, 1.165) is 26.1 Å². The van der Waals surface area contributed by atoms with E-state index < -0.39 is 5.97 Å². The standard InChI is InChI=1S/C10H20N2O2/c1-3-12(7-8(2)10(13)14)9-4-5-11-6-9/h8-9,11H,3-7H2,1-2H3,(H,13,14). The average Bonchev–Trinajstić information content (AvgIpc) is 2.66. The van der Waals surface area contributed by atoms with Gasteiger partial charge in [-0.05, 0) is 19.5 Å². The second-order valence-corrected chi connectivity index (χ2v) is 3.97. The highest BCUT2D eigenvalue weighted by atomic mass is 16.4. The molecule has 1 aliphatic heterocycles. The summed E-state index contributed by atoms with van der Waals surface area (Å²) >= 11 is 0. The van der Waals surface area contributed by atoms with Crippen LogP contribution < -0.4 is 5.32 Å². The van der Waals surface area contributed by atoms with E-state index in [9.17, 15) is 4.79 Å². The number of hydrogen-bond donors (Lipinski definition) is 2. The first-order valence-electron chi connectivity index (χ1n) is 5.32. The lowest BCUT2D eigenvalue weighted by Crippen LogP contribution is -2.40. The van der Waals surface area contributed by atoms with Gasteiger partial charge in [0.1, 0.15) is 0 Å². The van der Waals surface area contributed by atoms with E-state index in [1.807, 2.05) is 0 Å². The Balaban J connectivity index is 2.41. The van der Waals surface area contributed by atoms with Gasteiger partial charge in [0.15, 0.2) is 0 Å². The van der Waals surface area contributed by atoms with Gasteiger partial charge in [-0.25, -0.2) is 0 Å². The molecule has 4 heteroatoms. The molecule has 1 saturated heterocycles. The molecule has 82 valence electrons. The summed E-state index contributed by atoms with van der Waals surface area (Å²) in [6.07, 6.45) is 1.14. The normalized spacial score (nSPS) is 24.1. The number of hydrogen-bond acceptors (Lipinski definition) is 3. The van der Waals surface area contributed by atoms with Gasteiger partial charge in [-0.15, -0.1) is 0 Å². The molecule has 0 aromatic rings. The summed E-state index contributed by atoms with van der Waals surface area (Å²) in [5.74, 6) is -0.968. The Morgan fingerprint density at radius 3 is 2.86 bits per heavy atom. The van der Waals surface area contributed by atoms with Crippen molar-refractivity contribution in [2.75, 3.05) is 26.2 Å². The Bertz CT molecular complexity index is 191. The van der Waals surface area contributed by atoms with Crippen molar-refractivity contribution in [1.82, 2.24) is 10.2 Å². The minimum Gasteiger partial charge on any atom is -0.481 e.